The third-order valence-corrected chi connectivity index (χ3v) is 7.29. The molecule has 0 radical (unpaired) electrons. The summed E-state index contributed by atoms with van der Waals surface area (Å²) in [5.74, 6) is -0.976. The van der Waals surface area contributed by atoms with E-state index in [2.05, 4.69) is 29.7 Å². The molecule has 0 unspecified atom stereocenters. The largest absolute Gasteiger partial charge is 0.459 e. The van der Waals surface area contributed by atoms with Crippen molar-refractivity contribution < 1.29 is 28.6 Å². The quantitative estimate of drug-likeness (QED) is 0.399. The van der Waals surface area contributed by atoms with Crippen LogP contribution in [0.4, 0.5) is 9.59 Å². The van der Waals surface area contributed by atoms with Gasteiger partial charge in [0, 0.05) is 30.7 Å². The number of carbonyl (C=O) groups is 3. The lowest BCUT2D eigenvalue weighted by molar-refractivity contribution is -0.281. The number of amides is 2. The minimum Gasteiger partial charge on any atom is -0.459 e. The number of hydrogen-bond acceptors (Lipinski definition) is 7. The number of rotatable bonds is 4. The molecule has 8 nitrogen and oxygen atoms in total. The first-order valence-corrected chi connectivity index (χ1v) is 13.7. The third kappa shape index (κ3) is 8.58. The number of allylic oxidation sites excluding steroid dienone is 5. The Morgan fingerprint density at radius 1 is 1.31 bits per heavy atom. The summed E-state index contributed by atoms with van der Waals surface area (Å²) >= 11 is 6.81. The van der Waals surface area contributed by atoms with Gasteiger partial charge < -0.3 is 24.8 Å². The van der Waals surface area contributed by atoms with Gasteiger partial charge in [0.25, 0.3) is 5.24 Å². The fraction of sp³-hybridized carbons (Fsp3) is 0.640. The van der Waals surface area contributed by atoms with Gasteiger partial charge in [-0.05, 0) is 38.5 Å². The summed E-state index contributed by atoms with van der Waals surface area (Å²) in [6.45, 7) is 4.27. The molecular weight excluding hydrogens is 492 g/mol. The summed E-state index contributed by atoms with van der Waals surface area (Å²) in [5, 5.41) is 5.25. The molecule has 10 heteroatoms. The number of halogens is 1. The van der Waals surface area contributed by atoms with Crippen molar-refractivity contribution in [1.82, 2.24) is 10.6 Å². The Kier molecular flexibility index (Phi) is 10.5. The van der Waals surface area contributed by atoms with Crippen molar-refractivity contribution in [2.24, 2.45) is 5.92 Å². The highest BCUT2D eigenvalue weighted by atomic mass is 35.5. The van der Waals surface area contributed by atoms with Crippen LogP contribution in [0.15, 0.2) is 36.0 Å². The second-order valence-corrected chi connectivity index (χ2v) is 10.6. The van der Waals surface area contributed by atoms with Crippen LogP contribution >= 0.6 is 23.4 Å². The van der Waals surface area contributed by atoms with Crippen molar-refractivity contribution in [3.8, 4) is 0 Å². The molecule has 2 N–H and O–H groups in total. The topological polar surface area (TPSA) is 103 Å². The van der Waals surface area contributed by atoms with Crippen molar-refractivity contribution >= 4 is 40.7 Å². The smallest absolute Gasteiger partial charge is 0.409 e. The average molecular weight is 527 g/mol. The van der Waals surface area contributed by atoms with E-state index in [1.54, 1.807) is 0 Å². The van der Waals surface area contributed by atoms with Crippen LogP contribution < -0.4 is 10.6 Å². The molecule has 2 bridgehead atoms. The highest BCUT2D eigenvalue weighted by molar-refractivity contribution is 8.14. The van der Waals surface area contributed by atoms with E-state index in [-0.39, 0.29) is 30.2 Å². The predicted octanol–water partition coefficient (Wildman–Crippen LogP) is 4.83. The molecule has 0 spiro atoms. The lowest BCUT2D eigenvalue weighted by atomic mass is 9.90. The SMILES string of the molecule is C/C1=C/C(=O)O[C@@H]2C[C@@H](CC[C@H](C)/C=C\C=C\CC1)O[C@](OC(=O)NCCCl)([C@@H]1CSC(=O)N1)C2. The van der Waals surface area contributed by atoms with Gasteiger partial charge in [0.1, 0.15) is 12.1 Å². The predicted molar refractivity (Wildman–Crippen MR) is 136 cm³/mol. The zero-order valence-electron chi connectivity index (χ0n) is 20.3. The molecule has 3 aliphatic heterocycles. The molecule has 0 aromatic rings. The van der Waals surface area contributed by atoms with Crippen LogP contribution in [0.1, 0.15) is 52.4 Å². The van der Waals surface area contributed by atoms with Crippen LogP contribution in [0, 0.1) is 5.92 Å². The highest BCUT2D eigenvalue weighted by Gasteiger charge is 2.54. The Balaban J connectivity index is 1.88. The van der Waals surface area contributed by atoms with E-state index in [0.29, 0.717) is 24.5 Å². The van der Waals surface area contributed by atoms with Gasteiger partial charge in [-0.25, -0.2) is 9.59 Å². The summed E-state index contributed by atoms with van der Waals surface area (Å²) in [6.07, 6.45) is 12.0. The Morgan fingerprint density at radius 2 is 2.14 bits per heavy atom. The molecule has 3 rings (SSSR count). The van der Waals surface area contributed by atoms with E-state index in [1.165, 1.54) is 6.08 Å². The van der Waals surface area contributed by atoms with Gasteiger partial charge in [-0.15, -0.1) is 11.6 Å². The average Bonchev–Trinajstić information content (AvgIpc) is 3.25. The van der Waals surface area contributed by atoms with Gasteiger partial charge >= 0.3 is 12.1 Å². The molecule has 3 heterocycles. The Bertz CT molecular complexity index is 863. The van der Waals surface area contributed by atoms with Crippen LogP contribution in [0.2, 0.25) is 0 Å². The minimum absolute atomic E-state index is 0.125. The fourth-order valence-corrected chi connectivity index (χ4v) is 5.40. The standard InChI is InChI=1S/C25H35ClN2O6S/c1-17-7-5-3-4-6-8-18(2)13-22(29)32-20-14-19(10-9-17)33-25(15-20,21-16-35-24(31)28-21)34-23(30)27-12-11-26/h3-5,7,13,17,19-21H,6,8-12,14-16H2,1-2H3,(H,27,30)(H,28,31)/b4-3+,7-5-,18-13-/t17-,19-,20-,21+,25-/m1/s1. The Hall–Kier alpha value is -1.97. The van der Waals surface area contributed by atoms with E-state index in [0.717, 1.165) is 36.6 Å². The van der Waals surface area contributed by atoms with E-state index in [1.807, 2.05) is 19.1 Å². The first kappa shape index (κ1) is 27.6. The normalized spacial score (nSPS) is 35.7. The van der Waals surface area contributed by atoms with Gasteiger partial charge in [0.2, 0.25) is 5.79 Å². The van der Waals surface area contributed by atoms with Crippen LogP contribution in [0.25, 0.3) is 0 Å². The van der Waals surface area contributed by atoms with Gasteiger partial charge in [0.05, 0.1) is 12.5 Å². The third-order valence-electron chi connectivity index (χ3n) is 6.22. The molecule has 2 saturated heterocycles. The number of alkyl halides is 1. The number of carbonyl (C=O) groups excluding carboxylic acids is 3. The lowest BCUT2D eigenvalue weighted by Gasteiger charge is -2.46. The summed E-state index contributed by atoms with van der Waals surface area (Å²) in [7, 11) is 0. The van der Waals surface area contributed by atoms with Crippen molar-refractivity contribution in [2.45, 2.75) is 76.4 Å². The molecule has 194 valence electrons. The molecule has 35 heavy (non-hydrogen) atoms. The summed E-state index contributed by atoms with van der Waals surface area (Å²) in [5.41, 5.74) is 0.926. The van der Waals surface area contributed by atoms with E-state index >= 15 is 0 Å². The van der Waals surface area contributed by atoms with Crippen LogP contribution in [0.3, 0.4) is 0 Å². The minimum atomic E-state index is -1.46. The maximum atomic E-state index is 12.7. The zero-order valence-corrected chi connectivity index (χ0v) is 21.9. The molecule has 0 aromatic heterocycles. The second kappa shape index (κ2) is 13.4. The van der Waals surface area contributed by atoms with E-state index in [4.69, 9.17) is 25.8 Å². The highest BCUT2D eigenvalue weighted by Crippen LogP contribution is 2.39. The maximum Gasteiger partial charge on any atom is 0.409 e. The molecule has 2 fully saturated rings. The monoisotopic (exact) mass is 526 g/mol. The second-order valence-electron chi connectivity index (χ2n) is 9.25. The first-order valence-electron chi connectivity index (χ1n) is 12.1. The first-order chi connectivity index (χ1) is 16.8. The van der Waals surface area contributed by atoms with E-state index < -0.39 is 30.0 Å². The van der Waals surface area contributed by atoms with Crippen molar-refractivity contribution in [1.29, 1.82) is 0 Å². The molecule has 0 aliphatic carbocycles. The fourth-order valence-electron chi connectivity index (χ4n) is 4.42. The number of esters is 1. The molecule has 5 atom stereocenters. The lowest BCUT2D eigenvalue weighted by Crippen LogP contribution is -2.61. The Morgan fingerprint density at radius 3 is 2.89 bits per heavy atom. The molecule has 3 aliphatic rings. The maximum absolute atomic E-state index is 12.7. The van der Waals surface area contributed by atoms with Crippen LogP contribution in [-0.2, 0) is 19.0 Å². The summed E-state index contributed by atoms with van der Waals surface area (Å²) < 4.78 is 18.1. The van der Waals surface area contributed by atoms with Gasteiger partial charge in [0.15, 0.2) is 0 Å². The van der Waals surface area contributed by atoms with Crippen LogP contribution in [0.5, 0.6) is 0 Å². The van der Waals surface area contributed by atoms with Crippen LogP contribution in [-0.4, -0.2) is 59.5 Å². The molecule has 0 saturated carbocycles. The molecule has 2 amide bonds. The molecular formula is C25H35ClN2O6S. The zero-order chi connectivity index (χ0) is 25.3. The van der Waals surface area contributed by atoms with Crippen molar-refractivity contribution in [2.75, 3.05) is 18.2 Å². The van der Waals surface area contributed by atoms with Gasteiger partial charge in [-0.1, -0.05) is 48.6 Å². The summed E-state index contributed by atoms with van der Waals surface area (Å²) in [4.78, 5) is 37.3. The Labute approximate surface area is 216 Å². The number of hydrogen-bond donors (Lipinski definition) is 2. The van der Waals surface area contributed by atoms with Crippen molar-refractivity contribution in [3.63, 3.8) is 0 Å². The number of nitrogens with one attached hydrogen (secondary N) is 2. The molecule has 0 aromatic carbocycles. The van der Waals surface area contributed by atoms with Crippen molar-refractivity contribution in [3.05, 3.63) is 36.0 Å². The number of alkyl carbamates (subject to hydrolysis) is 1. The van der Waals surface area contributed by atoms with Gasteiger partial charge in [-0.3, -0.25) is 4.79 Å². The summed E-state index contributed by atoms with van der Waals surface area (Å²) in [6, 6.07) is -0.573. The van der Waals surface area contributed by atoms with E-state index in [9.17, 15) is 14.4 Å². The number of fused-ring (bicyclic) bond motifs is 2. The number of thioether (sulfide) groups is 1. The van der Waals surface area contributed by atoms with Gasteiger partial charge in [-0.2, -0.15) is 0 Å². The number of ether oxygens (including phenoxy) is 3.